The Morgan fingerprint density at radius 3 is 2.72 bits per heavy atom. The Morgan fingerprint density at radius 2 is 2.00 bits per heavy atom. The van der Waals surface area contributed by atoms with Crippen LogP contribution < -0.4 is 0 Å². The number of carbonyl (C=O) groups is 3. The van der Waals surface area contributed by atoms with Gasteiger partial charge in [-0.25, -0.2) is 4.79 Å². The number of thioether (sulfide) groups is 1. The largest absolute Gasteiger partial charge is 0.462 e. The van der Waals surface area contributed by atoms with Crippen LogP contribution in [0.2, 0.25) is 0 Å². The van der Waals surface area contributed by atoms with Crippen LogP contribution in [-0.4, -0.2) is 39.7 Å². The predicted octanol–water partition coefficient (Wildman–Crippen LogP) is 5.43. The second-order valence-electron chi connectivity index (χ2n) is 7.85. The Bertz CT molecular complexity index is 1160. The topological polar surface area (TPSA) is 68.6 Å². The van der Waals surface area contributed by atoms with E-state index in [2.05, 4.69) is 11.1 Å². The molecule has 4 rings (SSSR count). The summed E-state index contributed by atoms with van der Waals surface area (Å²) >= 11 is 2.60. The van der Waals surface area contributed by atoms with Crippen LogP contribution in [0.5, 0.6) is 0 Å². The molecule has 0 bridgehead atoms. The molecular formula is C24H26N2O4S2. The molecule has 3 heterocycles. The van der Waals surface area contributed by atoms with E-state index < -0.39 is 0 Å². The van der Waals surface area contributed by atoms with E-state index in [0.717, 1.165) is 65.0 Å². The average molecular weight is 471 g/mol. The van der Waals surface area contributed by atoms with Crippen LogP contribution in [0.1, 0.15) is 57.5 Å². The van der Waals surface area contributed by atoms with Gasteiger partial charge in [-0.3, -0.25) is 14.5 Å². The molecule has 1 aliphatic heterocycles. The minimum atomic E-state index is -0.302. The Kier molecular flexibility index (Phi) is 6.44. The standard InChI is InChI=1S/C24H26N2O4S2/c1-5-11-25-21(27)19(32-24(25)29)13-16-12-14(3)26(15(16)4)22-20(23(28)30-6-2)17-9-7-8-10-18(17)31-22/h5,12-13H,1,6-11H2,2-4H3/b19-13-. The van der Waals surface area contributed by atoms with Gasteiger partial charge in [-0.2, -0.15) is 0 Å². The molecule has 0 saturated carbocycles. The minimum absolute atomic E-state index is 0.199. The summed E-state index contributed by atoms with van der Waals surface area (Å²) in [4.78, 5) is 40.6. The molecule has 8 heteroatoms. The zero-order valence-electron chi connectivity index (χ0n) is 18.5. The van der Waals surface area contributed by atoms with E-state index in [1.165, 1.54) is 9.78 Å². The van der Waals surface area contributed by atoms with Gasteiger partial charge in [-0.05, 0) is 81.5 Å². The molecule has 0 unspecified atom stereocenters. The Labute approximate surface area is 195 Å². The maximum atomic E-state index is 12.9. The molecule has 1 saturated heterocycles. The molecule has 2 aromatic heterocycles. The molecule has 0 radical (unpaired) electrons. The number of rotatable bonds is 6. The summed E-state index contributed by atoms with van der Waals surface area (Å²) in [5.74, 6) is -0.579. The van der Waals surface area contributed by atoms with Gasteiger partial charge in [0.15, 0.2) is 0 Å². The third-order valence-corrected chi connectivity index (χ3v) is 7.96. The van der Waals surface area contributed by atoms with Crippen molar-refractivity contribution in [3.05, 3.63) is 56.6 Å². The summed E-state index contributed by atoms with van der Waals surface area (Å²) in [5, 5.41) is 0.593. The monoisotopic (exact) mass is 470 g/mol. The average Bonchev–Trinajstić information content (AvgIpc) is 3.35. The quantitative estimate of drug-likeness (QED) is 0.320. The molecule has 0 N–H and O–H groups in total. The van der Waals surface area contributed by atoms with Gasteiger partial charge in [0.1, 0.15) is 5.00 Å². The van der Waals surface area contributed by atoms with Crippen LogP contribution in [0.4, 0.5) is 4.79 Å². The molecule has 1 aliphatic carbocycles. The molecule has 0 spiro atoms. The van der Waals surface area contributed by atoms with E-state index in [-0.39, 0.29) is 23.7 Å². The fourth-order valence-corrected chi connectivity index (χ4v) is 6.62. The highest BCUT2D eigenvalue weighted by Crippen LogP contribution is 2.40. The molecule has 2 aromatic rings. The molecule has 1 fully saturated rings. The number of amides is 2. The summed E-state index contributed by atoms with van der Waals surface area (Å²) in [6.45, 7) is 9.92. The van der Waals surface area contributed by atoms with Gasteiger partial charge in [0.25, 0.3) is 11.1 Å². The highest BCUT2D eigenvalue weighted by Gasteiger charge is 2.34. The third-order valence-electron chi connectivity index (χ3n) is 5.78. The number of fused-ring (bicyclic) bond motifs is 1. The van der Waals surface area contributed by atoms with Crippen LogP contribution in [0.15, 0.2) is 23.6 Å². The van der Waals surface area contributed by atoms with Crippen molar-refractivity contribution in [2.45, 2.75) is 46.5 Å². The zero-order chi connectivity index (χ0) is 23.0. The Hall–Kier alpha value is -2.58. The van der Waals surface area contributed by atoms with E-state index in [9.17, 15) is 14.4 Å². The number of nitrogens with zero attached hydrogens (tertiary/aromatic N) is 2. The van der Waals surface area contributed by atoms with Gasteiger partial charge in [0.05, 0.1) is 17.1 Å². The van der Waals surface area contributed by atoms with Gasteiger partial charge >= 0.3 is 5.97 Å². The minimum Gasteiger partial charge on any atom is -0.462 e. The van der Waals surface area contributed by atoms with Crippen LogP contribution in [0, 0.1) is 13.8 Å². The maximum absolute atomic E-state index is 12.9. The number of thiophene rings is 1. The molecule has 0 aromatic carbocycles. The fraction of sp³-hybridized carbons (Fsp3) is 0.375. The molecule has 2 aliphatic rings. The van der Waals surface area contributed by atoms with Crippen molar-refractivity contribution in [2.24, 2.45) is 0 Å². The van der Waals surface area contributed by atoms with Crippen molar-refractivity contribution >= 4 is 46.3 Å². The van der Waals surface area contributed by atoms with E-state index in [1.807, 2.05) is 26.8 Å². The predicted molar refractivity (Wildman–Crippen MR) is 129 cm³/mol. The Balaban J connectivity index is 1.79. The summed E-state index contributed by atoms with van der Waals surface area (Å²) in [7, 11) is 0. The lowest BCUT2D eigenvalue weighted by Crippen LogP contribution is -2.27. The molecular weight excluding hydrogens is 444 g/mol. The van der Waals surface area contributed by atoms with E-state index >= 15 is 0 Å². The van der Waals surface area contributed by atoms with Crippen LogP contribution in [0.3, 0.4) is 0 Å². The molecule has 0 atom stereocenters. The Morgan fingerprint density at radius 1 is 1.25 bits per heavy atom. The molecule has 168 valence electrons. The lowest BCUT2D eigenvalue weighted by atomic mass is 9.95. The van der Waals surface area contributed by atoms with E-state index in [4.69, 9.17) is 4.74 Å². The SMILES string of the molecule is C=CCN1C(=O)S/C(=C\c2cc(C)n(-c3sc4c(c3C(=O)OCC)CCCC4)c2C)C1=O. The van der Waals surface area contributed by atoms with Gasteiger partial charge in [-0.15, -0.1) is 17.9 Å². The first-order chi connectivity index (χ1) is 15.4. The summed E-state index contributed by atoms with van der Waals surface area (Å²) in [5.41, 5.74) is 4.53. The maximum Gasteiger partial charge on any atom is 0.341 e. The number of ether oxygens (including phenoxy) is 1. The van der Waals surface area contributed by atoms with Crippen molar-refractivity contribution < 1.29 is 19.1 Å². The highest BCUT2D eigenvalue weighted by atomic mass is 32.2. The molecule has 6 nitrogen and oxygen atoms in total. The number of carbonyl (C=O) groups excluding carboxylic acids is 3. The summed E-state index contributed by atoms with van der Waals surface area (Å²) < 4.78 is 7.49. The normalized spacial score (nSPS) is 17.2. The van der Waals surface area contributed by atoms with Crippen molar-refractivity contribution in [2.75, 3.05) is 13.2 Å². The first-order valence-electron chi connectivity index (χ1n) is 10.7. The van der Waals surface area contributed by atoms with Gasteiger partial charge in [0, 0.05) is 22.8 Å². The van der Waals surface area contributed by atoms with Crippen molar-refractivity contribution in [1.29, 1.82) is 0 Å². The summed E-state index contributed by atoms with van der Waals surface area (Å²) in [6, 6.07) is 1.99. The third kappa shape index (κ3) is 3.86. The fourth-order valence-electron chi connectivity index (χ4n) is 4.30. The lowest BCUT2D eigenvalue weighted by Gasteiger charge is -2.13. The first-order valence-corrected chi connectivity index (χ1v) is 12.4. The van der Waals surface area contributed by atoms with Crippen molar-refractivity contribution in [1.82, 2.24) is 9.47 Å². The number of aryl methyl sites for hydroxylation is 2. The number of esters is 1. The number of hydrogen-bond donors (Lipinski definition) is 0. The van der Waals surface area contributed by atoms with Crippen molar-refractivity contribution in [3.8, 4) is 5.00 Å². The van der Waals surface area contributed by atoms with Crippen LogP contribution in [0.25, 0.3) is 11.1 Å². The number of imide groups is 1. The summed E-state index contributed by atoms with van der Waals surface area (Å²) in [6.07, 6.45) is 7.39. The van der Waals surface area contributed by atoms with Gasteiger partial charge in [0.2, 0.25) is 0 Å². The van der Waals surface area contributed by atoms with Gasteiger partial charge < -0.3 is 9.30 Å². The number of aromatic nitrogens is 1. The van der Waals surface area contributed by atoms with E-state index in [1.54, 1.807) is 23.5 Å². The van der Waals surface area contributed by atoms with Crippen LogP contribution >= 0.6 is 23.1 Å². The second-order valence-corrected chi connectivity index (χ2v) is 9.93. The first kappa shape index (κ1) is 22.6. The number of hydrogen-bond acceptors (Lipinski definition) is 6. The molecule has 32 heavy (non-hydrogen) atoms. The van der Waals surface area contributed by atoms with Crippen molar-refractivity contribution in [3.63, 3.8) is 0 Å². The zero-order valence-corrected chi connectivity index (χ0v) is 20.2. The smallest absolute Gasteiger partial charge is 0.341 e. The highest BCUT2D eigenvalue weighted by molar-refractivity contribution is 8.18. The second kappa shape index (κ2) is 9.11. The molecule has 2 amide bonds. The van der Waals surface area contributed by atoms with Gasteiger partial charge in [-0.1, -0.05) is 6.08 Å². The lowest BCUT2D eigenvalue weighted by molar-refractivity contribution is -0.122. The van der Waals surface area contributed by atoms with E-state index in [0.29, 0.717) is 17.1 Å². The van der Waals surface area contributed by atoms with Crippen LogP contribution in [-0.2, 0) is 22.4 Å².